The minimum Gasteiger partial charge on any atom is -0.468 e. The Balaban J connectivity index is 2.57. The molecule has 8 heteroatoms. The van der Waals surface area contributed by atoms with E-state index < -0.39 is 12.8 Å². The van der Waals surface area contributed by atoms with Crippen molar-refractivity contribution in [2.45, 2.75) is 33.0 Å². The van der Waals surface area contributed by atoms with Gasteiger partial charge in [-0.15, -0.1) is 0 Å². The van der Waals surface area contributed by atoms with Gasteiger partial charge in [0.15, 0.2) is 12.6 Å². The minimum absolute atomic E-state index is 0.0847. The van der Waals surface area contributed by atoms with Crippen molar-refractivity contribution < 1.29 is 17.9 Å². The largest absolute Gasteiger partial charge is 0.468 e. The molecule has 0 fully saturated rings. The molecule has 0 radical (unpaired) electrons. The molecule has 0 spiro atoms. The number of aromatic nitrogens is 1. The van der Waals surface area contributed by atoms with E-state index in [1.807, 2.05) is 0 Å². The molecule has 1 aromatic heterocycles. The molecule has 0 bridgehead atoms. The number of ether oxygens (including phenoxy) is 1. The topological polar surface area (TPSA) is 72.5 Å². The van der Waals surface area contributed by atoms with Crippen molar-refractivity contribution in [1.82, 2.24) is 10.3 Å². The van der Waals surface area contributed by atoms with Crippen molar-refractivity contribution in [3.63, 3.8) is 0 Å². The molecule has 1 heterocycles. The molecule has 0 saturated carbocycles. The molecule has 5 nitrogen and oxygen atoms in total. The number of aliphatic imine (C=N–C) groups is 1. The number of nitrogens with two attached hydrogens (primary N) is 1. The second-order valence-electron chi connectivity index (χ2n) is 5.18. The summed E-state index contributed by atoms with van der Waals surface area (Å²) in [6, 6.07) is 3.21. The second kappa shape index (κ2) is 8.45. The van der Waals surface area contributed by atoms with Gasteiger partial charge in [-0.05, 0) is 18.4 Å². The summed E-state index contributed by atoms with van der Waals surface area (Å²) in [5, 5.41) is 2.95. The molecule has 0 atom stereocenters. The molecule has 0 aliphatic rings. The predicted octanol–water partition coefficient (Wildman–Crippen LogP) is 2.47. The molecule has 1 rings (SSSR count). The van der Waals surface area contributed by atoms with Crippen molar-refractivity contribution >= 4 is 5.96 Å². The minimum atomic E-state index is -4.41. The summed E-state index contributed by atoms with van der Waals surface area (Å²) in [4.78, 5) is 7.87. The monoisotopic (exact) mass is 318 g/mol. The summed E-state index contributed by atoms with van der Waals surface area (Å²) < 4.78 is 41.2. The molecule has 0 saturated heterocycles. The number of halogens is 3. The fourth-order valence-corrected chi connectivity index (χ4v) is 1.54. The van der Waals surface area contributed by atoms with Crippen molar-refractivity contribution in [2.24, 2.45) is 16.6 Å². The van der Waals surface area contributed by atoms with Crippen LogP contribution in [0.5, 0.6) is 5.88 Å². The summed E-state index contributed by atoms with van der Waals surface area (Å²) in [5.74, 6) is 0.700. The van der Waals surface area contributed by atoms with E-state index in [4.69, 9.17) is 5.73 Å². The Morgan fingerprint density at radius 2 is 2.18 bits per heavy atom. The van der Waals surface area contributed by atoms with Gasteiger partial charge in [-0.3, -0.25) is 0 Å². The molecule has 0 aliphatic heterocycles. The number of hydrogen-bond acceptors (Lipinski definition) is 3. The van der Waals surface area contributed by atoms with Gasteiger partial charge < -0.3 is 15.8 Å². The molecule has 0 amide bonds. The first kappa shape index (κ1) is 18.1. The van der Waals surface area contributed by atoms with Gasteiger partial charge in [0.05, 0.1) is 6.54 Å². The average molecular weight is 318 g/mol. The number of pyridine rings is 1. The highest BCUT2D eigenvalue weighted by Crippen LogP contribution is 2.20. The van der Waals surface area contributed by atoms with Crippen molar-refractivity contribution in [3.05, 3.63) is 23.9 Å². The Hall–Kier alpha value is -1.99. The van der Waals surface area contributed by atoms with Gasteiger partial charge in [0, 0.05) is 18.3 Å². The first-order valence-corrected chi connectivity index (χ1v) is 6.95. The van der Waals surface area contributed by atoms with Gasteiger partial charge in [-0.1, -0.05) is 19.9 Å². The SMILES string of the molecule is CC(C)CCNC(N)=NCc1cccnc1OCC(F)(F)F. The Morgan fingerprint density at radius 3 is 2.82 bits per heavy atom. The lowest BCUT2D eigenvalue weighted by Crippen LogP contribution is -2.32. The first-order valence-electron chi connectivity index (χ1n) is 6.95. The quantitative estimate of drug-likeness (QED) is 0.598. The zero-order valence-corrected chi connectivity index (χ0v) is 12.7. The zero-order chi connectivity index (χ0) is 16.6. The van der Waals surface area contributed by atoms with Crippen LogP contribution in [0.4, 0.5) is 13.2 Å². The molecular weight excluding hydrogens is 297 g/mol. The highest BCUT2D eigenvalue weighted by molar-refractivity contribution is 5.77. The van der Waals surface area contributed by atoms with Gasteiger partial charge in [0.1, 0.15) is 0 Å². The van der Waals surface area contributed by atoms with E-state index in [2.05, 4.69) is 33.9 Å². The Kier molecular flexibility index (Phi) is 6.94. The van der Waals surface area contributed by atoms with E-state index in [0.29, 0.717) is 18.0 Å². The number of guanidine groups is 1. The van der Waals surface area contributed by atoms with Crippen LogP contribution in [0.25, 0.3) is 0 Å². The second-order valence-corrected chi connectivity index (χ2v) is 5.18. The molecule has 22 heavy (non-hydrogen) atoms. The maximum Gasteiger partial charge on any atom is 0.422 e. The number of hydrogen-bond donors (Lipinski definition) is 2. The highest BCUT2D eigenvalue weighted by atomic mass is 19.4. The third-order valence-corrected chi connectivity index (χ3v) is 2.67. The fraction of sp³-hybridized carbons (Fsp3) is 0.571. The summed E-state index contributed by atoms with van der Waals surface area (Å²) in [5.41, 5.74) is 6.14. The third-order valence-electron chi connectivity index (χ3n) is 2.67. The number of nitrogens with one attached hydrogen (secondary N) is 1. The lowest BCUT2D eigenvalue weighted by Gasteiger charge is -2.11. The Labute approximate surface area is 127 Å². The van der Waals surface area contributed by atoms with Crippen LogP contribution in [0.2, 0.25) is 0 Å². The van der Waals surface area contributed by atoms with Crippen LogP contribution in [0.15, 0.2) is 23.3 Å². The molecule has 0 aliphatic carbocycles. The van der Waals surface area contributed by atoms with Gasteiger partial charge in [0.2, 0.25) is 5.88 Å². The molecule has 3 N–H and O–H groups in total. The van der Waals surface area contributed by atoms with Crippen molar-refractivity contribution in [1.29, 1.82) is 0 Å². The van der Waals surface area contributed by atoms with E-state index in [1.165, 1.54) is 6.20 Å². The number of nitrogens with zero attached hydrogens (tertiary/aromatic N) is 2. The van der Waals surface area contributed by atoms with Crippen molar-refractivity contribution in [2.75, 3.05) is 13.2 Å². The summed E-state index contributed by atoms with van der Waals surface area (Å²) in [6.45, 7) is 3.59. The van der Waals surface area contributed by atoms with Crippen LogP contribution in [-0.4, -0.2) is 30.3 Å². The van der Waals surface area contributed by atoms with Gasteiger partial charge in [0.25, 0.3) is 0 Å². The van der Waals surface area contributed by atoms with E-state index >= 15 is 0 Å². The molecule has 0 unspecified atom stereocenters. The lowest BCUT2D eigenvalue weighted by atomic mass is 10.1. The maximum absolute atomic E-state index is 12.2. The zero-order valence-electron chi connectivity index (χ0n) is 12.7. The molecule has 0 aromatic carbocycles. The average Bonchev–Trinajstić information content (AvgIpc) is 2.42. The van der Waals surface area contributed by atoms with Crippen LogP contribution >= 0.6 is 0 Å². The smallest absolute Gasteiger partial charge is 0.422 e. The van der Waals surface area contributed by atoms with Crippen molar-refractivity contribution in [3.8, 4) is 5.88 Å². The molecule has 124 valence electrons. The predicted molar refractivity (Wildman–Crippen MR) is 78.6 cm³/mol. The highest BCUT2D eigenvalue weighted by Gasteiger charge is 2.29. The number of alkyl halides is 3. The van der Waals surface area contributed by atoms with E-state index in [9.17, 15) is 13.2 Å². The Bertz CT molecular complexity index is 489. The van der Waals surface area contributed by atoms with E-state index in [1.54, 1.807) is 12.1 Å². The van der Waals surface area contributed by atoms with E-state index in [0.717, 1.165) is 6.42 Å². The fourth-order valence-electron chi connectivity index (χ4n) is 1.54. The van der Waals surface area contributed by atoms with Crippen LogP contribution in [0.1, 0.15) is 25.8 Å². The number of rotatable bonds is 7. The van der Waals surface area contributed by atoms with Gasteiger partial charge in [-0.25, -0.2) is 9.98 Å². The summed E-state index contributed by atoms with van der Waals surface area (Å²) in [7, 11) is 0. The summed E-state index contributed by atoms with van der Waals surface area (Å²) in [6.07, 6.45) is -2.10. The van der Waals surface area contributed by atoms with E-state index in [-0.39, 0.29) is 18.4 Å². The standard InChI is InChI=1S/C14H21F3N4O/c1-10(2)5-7-20-13(18)21-8-11-4-3-6-19-12(11)22-9-14(15,16)17/h3-4,6,10H,5,7-9H2,1-2H3,(H3,18,20,21). The van der Waals surface area contributed by atoms with Crippen LogP contribution in [0, 0.1) is 5.92 Å². The van der Waals surface area contributed by atoms with Gasteiger partial charge >= 0.3 is 6.18 Å². The first-order chi connectivity index (χ1) is 10.3. The van der Waals surface area contributed by atoms with Crippen LogP contribution < -0.4 is 15.8 Å². The lowest BCUT2D eigenvalue weighted by molar-refractivity contribution is -0.154. The van der Waals surface area contributed by atoms with Gasteiger partial charge in [-0.2, -0.15) is 13.2 Å². The molecular formula is C14H21F3N4O. The van der Waals surface area contributed by atoms with Crippen LogP contribution in [-0.2, 0) is 6.54 Å². The normalized spacial score (nSPS) is 12.5. The third kappa shape index (κ3) is 7.70. The Morgan fingerprint density at radius 1 is 1.45 bits per heavy atom. The summed E-state index contributed by atoms with van der Waals surface area (Å²) >= 11 is 0. The van der Waals surface area contributed by atoms with Crippen LogP contribution in [0.3, 0.4) is 0 Å². The maximum atomic E-state index is 12.2. The molecule has 1 aromatic rings.